The number of aryl methyl sites for hydroxylation is 1. The van der Waals surface area contributed by atoms with E-state index in [0.717, 1.165) is 4.57 Å². The van der Waals surface area contributed by atoms with Crippen LogP contribution in [0, 0.1) is 0 Å². The minimum Gasteiger partial charge on any atom is -0.504 e. The molecule has 2 aromatic rings. The maximum absolute atomic E-state index is 13.8. The van der Waals surface area contributed by atoms with Gasteiger partial charge in [-0.3, -0.25) is 14.2 Å². The van der Waals surface area contributed by atoms with Gasteiger partial charge in [0.15, 0.2) is 17.7 Å². The van der Waals surface area contributed by atoms with E-state index in [2.05, 4.69) is 6.58 Å². The fraction of sp³-hybridized carbons (Fsp3) is 0.360. The van der Waals surface area contributed by atoms with Gasteiger partial charge in [-0.2, -0.15) is 0 Å². The van der Waals surface area contributed by atoms with E-state index in [1.54, 1.807) is 13.1 Å². The number of aromatic nitrogens is 2. The Hall–Kier alpha value is -4.32. The van der Waals surface area contributed by atoms with Crippen LogP contribution in [-0.2, 0) is 23.6 Å². The second-order valence-corrected chi connectivity index (χ2v) is 8.66. The van der Waals surface area contributed by atoms with E-state index >= 15 is 0 Å². The molecule has 0 fully saturated rings. The largest absolute Gasteiger partial charge is 0.504 e. The summed E-state index contributed by atoms with van der Waals surface area (Å²) in [5, 5.41) is 10.5. The molecule has 4 rings (SSSR count). The molecular formula is C25H28N4O8. The average molecular weight is 513 g/mol. The Morgan fingerprint density at radius 2 is 1.92 bits per heavy atom. The number of fused-ring (bicyclic) bond motifs is 2. The summed E-state index contributed by atoms with van der Waals surface area (Å²) < 4.78 is 18.6. The Kier molecular flexibility index (Phi) is 6.94. The fourth-order valence-corrected chi connectivity index (χ4v) is 4.72. The lowest BCUT2D eigenvalue weighted by Crippen LogP contribution is -2.55. The summed E-state index contributed by atoms with van der Waals surface area (Å²) >= 11 is 0. The molecule has 0 saturated heterocycles. The van der Waals surface area contributed by atoms with E-state index in [4.69, 9.17) is 14.2 Å². The highest BCUT2D eigenvalue weighted by Crippen LogP contribution is 2.41. The first-order chi connectivity index (χ1) is 17.6. The molecule has 1 unspecified atom stereocenters. The molecule has 2 aliphatic rings. The van der Waals surface area contributed by atoms with Crippen LogP contribution in [0.2, 0.25) is 0 Å². The molecule has 3 heterocycles. The van der Waals surface area contributed by atoms with Crippen LogP contribution in [0.4, 0.5) is 10.5 Å². The van der Waals surface area contributed by atoms with Crippen molar-refractivity contribution in [2.75, 3.05) is 32.3 Å². The molecule has 0 spiro atoms. The Labute approximate surface area is 212 Å². The minimum atomic E-state index is -1.05. The van der Waals surface area contributed by atoms with Gasteiger partial charge in [0.25, 0.3) is 11.5 Å². The van der Waals surface area contributed by atoms with Crippen LogP contribution >= 0.6 is 0 Å². The van der Waals surface area contributed by atoms with Crippen molar-refractivity contribution in [3.05, 3.63) is 69.0 Å². The molecule has 37 heavy (non-hydrogen) atoms. The van der Waals surface area contributed by atoms with Crippen molar-refractivity contribution in [2.45, 2.75) is 18.7 Å². The normalized spacial score (nSPS) is 18.9. The molecule has 12 heteroatoms. The van der Waals surface area contributed by atoms with Crippen LogP contribution in [0.15, 0.2) is 46.6 Å². The second kappa shape index (κ2) is 9.97. The zero-order valence-electron chi connectivity index (χ0n) is 21.0. The van der Waals surface area contributed by atoms with Crippen molar-refractivity contribution >= 4 is 23.3 Å². The van der Waals surface area contributed by atoms with Gasteiger partial charge in [-0.15, -0.1) is 0 Å². The van der Waals surface area contributed by atoms with Crippen molar-refractivity contribution in [3.63, 3.8) is 0 Å². The molecular weight excluding hydrogens is 484 g/mol. The highest BCUT2D eigenvalue weighted by Gasteiger charge is 2.46. The molecule has 1 aromatic carbocycles. The number of methoxy groups -OCH3 is 2. The van der Waals surface area contributed by atoms with Crippen molar-refractivity contribution in [1.82, 2.24) is 14.0 Å². The van der Waals surface area contributed by atoms with Gasteiger partial charge in [0.1, 0.15) is 6.61 Å². The van der Waals surface area contributed by atoms with Crippen molar-refractivity contribution in [2.24, 2.45) is 14.1 Å². The lowest BCUT2D eigenvalue weighted by Gasteiger charge is -2.40. The van der Waals surface area contributed by atoms with Gasteiger partial charge < -0.3 is 28.8 Å². The van der Waals surface area contributed by atoms with Crippen LogP contribution in [-0.4, -0.2) is 70.8 Å². The second-order valence-electron chi connectivity index (χ2n) is 8.66. The molecule has 1 N–H and O–H groups in total. The number of ether oxygens (including phenoxy) is 3. The average Bonchev–Trinajstić information content (AvgIpc) is 2.99. The predicted molar refractivity (Wildman–Crippen MR) is 134 cm³/mol. The van der Waals surface area contributed by atoms with Crippen LogP contribution in [0.5, 0.6) is 11.5 Å². The smallest absolute Gasteiger partial charge is 0.416 e. The van der Waals surface area contributed by atoms with Crippen LogP contribution in [0.3, 0.4) is 0 Å². The Balaban J connectivity index is 1.88. The third-order valence-electron chi connectivity index (χ3n) is 6.55. The van der Waals surface area contributed by atoms with Gasteiger partial charge in [-0.05, 0) is 18.1 Å². The summed E-state index contributed by atoms with van der Waals surface area (Å²) in [5.41, 5.74) is 0.137. The van der Waals surface area contributed by atoms with Crippen LogP contribution in [0.25, 0.3) is 5.57 Å². The molecule has 0 aliphatic carbocycles. The van der Waals surface area contributed by atoms with Gasteiger partial charge in [0.2, 0.25) is 0 Å². The lowest BCUT2D eigenvalue weighted by molar-refractivity contribution is 0.0175. The maximum Gasteiger partial charge on any atom is 0.416 e. The number of hydrogen-bond acceptors (Lipinski definition) is 8. The molecule has 0 bridgehead atoms. The number of aromatic hydroxyl groups is 1. The predicted octanol–water partition coefficient (Wildman–Crippen LogP) is 1.21. The van der Waals surface area contributed by atoms with E-state index in [-0.39, 0.29) is 42.3 Å². The molecule has 0 radical (unpaired) electrons. The summed E-state index contributed by atoms with van der Waals surface area (Å²) in [6.45, 7) is 3.56. The molecule has 2 atom stereocenters. The summed E-state index contributed by atoms with van der Waals surface area (Å²) in [6, 6.07) is 1.87. The third-order valence-corrected chi connectivity index (χ3v) is 6.55. The van der Waals surface area contributed by atoms with Gasteiger partial charge in [0, 0.05) is 40.0 Å². The summed E-state index contributed by atoms with van der Waals surface area (Å²) in [4.78, 5) is 54.8. The van der Waals surface area contributed by atoms with Gasteiger partial charge in [-0.1, -0.05) is 18.7 Å². The highest BCUT2D eigenvalue weighted by molar-refractivity contribution is 6.06. The van der Waals surface area contributed by atoms with E-state index < -0.39 is 35.5 Å². The number of benzene rings is 1. The number of anilines is 1. The summed E-state index contributed by atoms with van der Waals surface area (Å²) in [5.74, 6) is -0.651. The van der Waals surface area contributed by atoms with Crippen molar-refractivity contribution < 1.29 is 28.9 Å². The third kappa shape index (κ3) is 4.29. The molecule has 2 amide bonds. The van der Waals surface area contributed by atoms with E-state index in [1.165, 1.54) is 60.0 Å². The fourth-order valence-electron chi connectivity index (χ4n) is 4.72. The monoisotopic (exact) mass is 512 g/mol. The maximum atomic E-state index is 13.8. The minimum absolute atomic E-state index is 0.0564. The van der Waals surface area contributed by atoms with Crippen LogP contribution in [0.1, 0.15) is 22.3 Å². The number of hydrogen-bond donors (Lipinski definition) is 1. The Bertz CT molecular complexity index is 1420. The molecule has 1 aromatic heterocycles. The number of carbonyl (C=O) groups excluding carboxylic acids is 2. The van der Waals surface area contributed by atoms with Gasteiger partial charge in [0.05, 0.1) is 30.0 Å². The molecule has 2 aliphatic heterocycles. The van der Waals surface area contributed by atoms with E-state index in [9.17, 15) is 24.3 Å². The van der Waals surface area contributed by atoms with Crippen molar-refractivity contribution in [3.8, 4) is 11.5 Å². The summed E-state index contributed by atoms with van der Waals surface area (Å²) in [7, 11) is 5.68. The first kappa shape index (κ1) is 25.8. The number of phenolic OH excluding ortho intramolecular Hbond substituents is 1. The highest BCUT2D eigenvalue weighted by atomic mass is 16.6. The van der Waals surface area contributed by atoms with E-state index in [0.29, 0.717) is 11.1 Å². The SMILES string of the molecule is C=CCOC(=O)N1c2cc(O)c(OC)cc2C(=O)N2CC=C(c3cn(C)c(=O)n(C)c3=O)C[C@H]2C1OC. The topological polar surface area (TPSA) is 133 Å². The molecule has 196 valence electrons. The molecule has 12 nitrogen and oxygen atoms in total. The number of nitrogens with zero attached hydrogens (tertiary/aromatic N) is 4. The van der Waals surface area contributed by atoms with Crippen LogP contribution < -0.4 is 20.9 Å². The Morgan fingerprint density at radius 1 is 1.19 bits per heavy atom. The quantitative estimate of drug-likeness (QED) is 0.592. The standard InChI is InChI=1S/C25H28N4O8/c1-6-9-37-25(34)29-17-12-19(30)20(35-4)11-15(17)22(32)28-8-7-14(10-18(28)23(29)36-5)16-13-26(2)24(33)27(3)21(16)31/h6-7,11-13,18,23,30H,1,8-10H2,2-5H3/t18-,23?/m0/s1. The number of amides is 2. The van der Waals surface area contributed by atoms with Gasteiger partial charge >= 0.3 is 11.8 Å². The molecule has 0 saturated carbocycles. The zero-order valence-corrected chi connectivity index (χ0v) is 21.0. The van der Waals surface area contributed by atoms with Gasteiger partial charge in [-0.25, -0.2) is 14.5 Å². The first-order valence-electron chi connectivity index (χ1n) is 11.4. The lowest BCUT2D eigenvalue weighted by atomic mass is 9.94. The summed E-state index contributed by atoms with van der Waals surface area (Å²) in [6.07, 6.45) is 2.88. The number of carbonyl (C=O) groups is 2. The van der Waals surface area contributed by atoms with E-state index in [1.807, 2.05) is 0 Å². The number of phenols is 1. The van der Waals surface area contributed by atoms with Crippen molar-refractivity contribution in [1.29, 1.82) is 0 Å². The zero-order chi connectivity index (χ0) is 27.0. The number of rotatable bonds is 5. The first-order valence-corrected chi connectivity index (χ1v) is 11.4. The Morgan fingerprint density at radius 3 is 2.57 bits per heavy atom.